The van der Waals surface area contributed by atoms with Crippen LogP contribution in [0.4, 0.5) is 0 Å². The summed E-state index contributed by atoms with van der Waals surface area (Å²) in [7, 11) is 1.39. The molecule has 3 rings (SSSR count). The maximum absolute atomic E-state index is 12.4. The van der Waals surface area contributed by atoms with Crippen LogP contribution in [0, 0.1) is 11.8 Å². The second-order valence-corrected chi connectivity index (χ2v) is 8.96. The number of thioether (sulfide) groups is 1. The number of amides is 2. The fourth-order valence-electron chi connectivity index (χ4n) is 4.42. The first-order chi connectivity index (χ1) is 13.7. The maximum Gasteiger partial charge on any atom is 0.353 e. The van der Waals surface area contributed by atoms with Gasteiger partial charge in [0, 0.05) is 22.6 Å². The molecule has 2 saturated heterocycles. The molecule has 0 aromatic rings. The van der Waals surface area contributed by atoms with E-state index in [1.54, 1.807) is 6.92 Å². The molecule has 0 aliphatic carbocycles. The number of oxime groups is 1. The normalized spacial score (nSPS) is 32.8. The van der Waals surface area contributed by atoms with Crippen LogP contribution in [0.25, 0.3) is 0 Å². The number of rotatable bonds is 8. The van der Waals surface area contributed by atoms with E-state index in [1.165, 1.54) is 23.8 Å². The van der Waals surface area contributed by atoms with Gasteiger partial charge in [-0.1, -0.05) is 12.1 Å². The zero-order valence-corrected chi connectivity index (χ0v) is 17.3. The monoisotopic (exact) mass is 426 g/mol. The lowest BCUT2D eigenvalue weighted by Crippen LogP contribution is -2.63. The predicted molar refractivity (Wildman–Crippen MR) is 106 cm³/mol. The Labute approximate surface area is 172 Å². The quantitative estimate of drug-likeness (QED) is 0.230. The predicted octanol–water partition coefficient (Wildman–Crippen LogP) is -0.518. The Bertz CT molecular complexity index is 782. The molecule has 3 unspecified atom stereocenters. The van der Waals surface area contributed by atoms with Gasteiger partial charge in [0.25, 0.3) is 0 Å². The van der Waals surface area contributed by atoms with Gasteiger partial charge in [0.2, 0.25) is 11.8 Å². The number of carbonyl (C=O) groups excluding carboxylic acids is 2. The topological polar surface area (TPSA) is 155 Å². The van der Waals surface area contributed by atoms with Gasteiger partial charge in [-0.05, 0) is 13.3 Å². The number of nitrogens with zero attached hydrogens (tertiary/aromatic N) is 2. The minimum Gasteiger partial charge on any atom is -0.477 e. The Kier molecular flexibility index (Phi) is 6.20. The van der Waals surface area contributed by atoms with Crippen molar-refractivity contribution in [1.29, 1.82) is 0 Å². The van der Waals surface area contributed by atoms with Crippen molar-refractivity contribution in [2.45, 2.75) is 50.1 Å². The summed E-state index contributed by atoms with van der Waals surface area (Å²) in [6, 6.07) is -0.531. The van der Waals surface area contributed by atoms with Gasteiger partial charge in [-0.15, -0.1) is 11.8 Å². The third-order valence-corrected chi connectivity index (χ3v) is 7.17. The van der Waals surface area contributed by atoms with Gasteiger partial charge >= 0.3 is 5.97 Å². The molecule has 3 aliphatic heterocycles. The Morgan fingerprint density at radius 2 is 2.17 bits per heavy atom. The van der Waals surface area contributed by atoms with E-state index in [-0.39, 0.29) is 41.3 Å². The smallest absolute Gasteiger partial charge is 0.353 e. The summed E-state index contributed by atoms with van der Waals surface area (Å²) in [5.41, 5.74) is 5.79. The van der Waals surface area contributed by atoms with Crippen LogP contribution in [-0.2, 0) is 19.2 Å². The molecule has 2 fully saturated rings. The largest absolute Gasteiger partial charge is 0.477 e. The molecule has 0 aromatic carbocycles. The lowest BCUT2D eigenvalue weighted by molar-refractivity contribution is -0.163. The number of carbonyl (C=O) groups is 3. The summed E-state index contributed by atoms with van der Waals surface area (Å²) in [5.74, 6) is -2.76. The van der Waals surface area contributed by atoms with Crippen LogP contribution in [0.1, 0.15) is 26.7 Å². The molecule has 2 amide bonds. The standard InChI is InChI=1S/C18H26N4O6S/c1-7-14-13(8(2)23)17(25)22(14)15(18(26)27)16(7)29-9-4-10(20-6-9)11(21-28-3)5-12(19)24/h7-10,13-14,20,23H,4-6H2,1-3H3,(H2,19,24)(H,26,27)/b21-11+/t7-,8-,9+,10?,13?,14?/m1/s1. The van der Waals surface area contributed by atoms with E-state index in [4.69, 9.17) is 10.6 Å². The second kappa shape index (κ2) is 8.33. The third kappa shape index (κ3) is 3.86. The number of aliphatic hydroxyl groups excluding tert-OH is 1. The fourth-order valence-corrected chi connectivity index (χ4v) is 5.90. The Balaban J connectivity index is 1.76. The van der Waals surface area contributed by atoms with E-state index in [9.17, 15) is 24.6 Å². The molecule has 0 saturated carbocycles. The molecule has 5 N–H and O–H groups in total. The van der Waals surface area contributed by atoms with Gasteiger partial charge < -0.3 is 31.0 Å². The molecule has 0 radical (unpaired) electrons. The minimum atomic E-state index is -1.14. The number of nitrogens with one attached hydrogen (secondary N) is 1. The molecule has 0 spiro atoms. The molecule has 3 aliphatic rings. The van der Waals surface area contributed by atoms with E-state index in [0.717, 1.165) is 0 Å². The Morgan fingerprint density at radius 1 is 1.48 bits per heavy atom. The number of primary amides is 1. The number of fused-ring (bicyclic) bond motifs is 1. The number of aliphatic carboxylic acids is 1. The molecule has 160 valence electrons. The SMILES string of the molecule is CO/N=C(\CC(N)=O)C1C[C@H](SC2=C(C(=O)O)N3C(=O)C([C@@H](C)O)C3[C@H]2C)CN1. The summed E-state index contributed by atoms with van der Waals surface area (Å²) in [5, 5.41) is 26.9. The number of hydrogen-bond donors (Lipinski definition) is 4. The van der Waals surface area contributed by atoms with Gasteiger partial charge in [0.15, 0.2) is 0 Å². The van der Waals surface area contributed by atoms with Crippen molar-refractivity contribution in [3.8, 4) is 0 Å². The van der Waals surface area contributed by atoms with E-state index >= 15 is 0 Å². The van der Waals surface area contributed by atoms with Gasteiger partial charge in [0.05, 0.1) is 36.2 Å². The van der Waals surface area contributed by atoms with Gasteiger partial charge in [0.1, 0.15) is 12.8 Å². The van der Waals surface area contributed by atoms with Crippen molar-refractivity contribution in [3.63, 3.8) is 0 Å². The average molecular weight is 426 g/mol. The molecule has 0 bridgehead atoms. The summed E-state index contributed by atoms with van der Waals surface area (Å²) < 4.78 is 0. The lowest BCUT2D eigenvalue weighted by Gasteiger charge is -2.46. The first kappa shape index (κ1) is 21.6. The zero-order chi connectivity index (χ0) is 21.5. The first-order valence-electron chi connectivity index (χ1n) is 9.44. The van der Waals surface area contributed by atoms with Crippen LogP contribution in [0.3, 0.4) is 0 Å². The van der Waals surface area contributed by atoms with Crippen LogP contribution >= 0.6 is 11.8 Å². The summed E-state index contributed by atoms with van der Waals surface area (Å²) in [6.45, 7) is 4.03. The highest BCUT2D eigenvalue weighted by Crippen LogP contribution is 2.51. The second-order valence-electron chi connectivity index (χ2n) is 7.62. The van der Waals surface area contributed by atoms with E-state index in [0.29, 0.717) is 23.6 Å². The van der Waals surface area contributed by atoms with E-state index < -0.39 is 23.9 Å². The lowest BCUT2D eigenvalue weighted by atomic mass is 9.79. The van der Waals surface area contributed by atoms with Gasteiger partial charge in [-0.3, -0.25) is 9.59 Å². The van der Waals surface area contributed by atoms with Crippen molar-refractivity contribution in [2.75, 3.05) is 13.7 Å². The number of β-lactam (4-membered cyclic amide) rings is 1. The van der Waals surface area contributed by atoms with E-state index in [1.807, 2.05) is 6.92 Å². The number of carboxylic acid groups (broad SMARTS) is 1. The van der Waals surface area contributed by atoms with Crippen molar-refractivity contribution < 1.29 is 29.4 Å². The highest BCUT2D eigenvalue weighted by atomic mass is 32.2. The van der Waals surface area contributed by atoms with E-state index in [2.05, 4.69) is 10.5 Å². The third-order valence-electron chi connectivity index (χ3n) is 5.66. The molecule has 11 heteroatoms. The van der Waals surface area contributed by atoms with Crippen molar-refractivity contribution in [2.24, 2.45) is 22.7 Å². The van der Waals surface area contributed by atoms with Crippen LogP contribution in [0.2, 0.25) is 0 Å². The fraction of sp³-hybridized carbons (Fsp3) is 0.667. The first-order valence-corrected chi connectivity index (χ1v) is 10.3. The van der Waals surface area contributed by atoms with Crippen LogP contribution in [-0.4, -0.2) is 75.7 Å². The van der Waals surface area contributed by atoms with Crippen LogP contribution in [0.5, 0.6) is 0 Å². The number of aliphatic hydroxyl groups is 1. The van der Waals surface area contributed by atoms with Crippen molar-refractivity contribution in [1.82, 2.24) is 10.2 Å². The molecule has 3 heterocycles. The summed E-state index contributed by atoms with van der Waals surface area (Å²) in [4.78, 5) is 42.4. The molecular weight excluding hydrogens is 400 g/mol. The Hall–Kier alpha value is -2.11. The van der Waals surface area contributed by atoms with Crippen LogP contribution in [0.15, 0.2) is 15.8 Å². The Morgan fingerprint density at radius 3 is 2.72 bits per heavy atom. The highest BCUT2D eigenvalue weighted by molar-refractivity contribution is 8.03. The molecule has 29 heavy (non-hydrogen) atoms. The zero-order valence-electron chi connectivity index (χ0n) is 16.5. The van der Waals surface area contributed by atoms with Crippen molar-refractivity contribution >= 4 is 35.3 Å². The van der Waals surface area contributed by atoms with Crippen molar-refractivity contribution in [3.05, 3.63) is 10.6 Å². The minimum absolute atomic E-state index is 0.0146. The average Bonchev–Trinajstić information content (AvgIpc) is 3.17. The molecule has 6 atom stereocenters. The van der Waals surface area contributed by atoms with Crippen LogP contribution < -0.4 is 11.1 Å². The number of hydrogen-bond acceptors (Lipinski definition) is 8. The molecule has 0 aromatic heterocycles. The molecular formula is C18H26N4O6S. The highest BCUT2D eigenvalue weighted by Gasteiger charge is 2.60. The summed E-state index contributed by atoms with van der Waals surface area (Å²) >= 11 is 1.43. The van der Waals surface area contributed by atoms with Gasteiger partial charge in [-0.25, -0.2) is 4.79 Å². The maximum atomic E-state index is 12.4. The summed E-state index contributed by atoms with van der Waals surface area (Å²) in [6.07, 6.45) is -0.241. The molecule has 10 nitrogen and oxygen atoms in total. The number of nitrogens with two attached hydrogens (primary N) is 1. The van der Waals surface area contributed by atoms with Gasteiger partial charge in [-0.2, -0.15) is 0 Å². The number of carboxylic acids is 1.